The molecule has 1 saturated heterocycles. The summed E-state index contributed by atoms with van der Waals surface area (Å²) in [5.41, 5.74) is 7.47. The Morgan fingerprint density at radius 3 is 2.16 bits per heavy atom. The summed E-state index contributed by atoms with van der Waals surface area (Å²) in [4.78, 5) is 5.09. The van der Waals surface area contributed by atoms with E-state index in [0.29, 0.717) is 0 Å². The van der Waals surface area contributed by atoms with Gasteiger partial charge in [0.1, 0.15) is 0 Å². The molecule has 3 nitrogen and oxygen atoms in total. The number of nitrogens with zero attached hydrogens (tertiary/aromatic N) is 2. The molecule has 0 bridgehead atoms. The van der Waals surface area contributed by atoms with Crippen LogP contribution in [0.1, 0.15) is 19.4 Å². The quantitative estimate of drug-likeness (QED) is 0.877. The minimum atomic E-state index is 0.238. The average molecular weight is 261 g/mol. The monoisotopic (exact) mass is 261 g/mol. The van der Waals surface area contributed by atoms with Gasteiger partial charge in [0.2, 0.25) is 0 Å². The molecule has 1 aliphatic heterocycles. The molecule has 19 heavy (non-hydrogen) atoms. The van der Waals surface area contributed by atoms with Crippen LogP contribution in [0.15, 0.2) is 30.3 Å². The summed E-state index contributed by atoms with van der Waals surface area (Å²) in [5.74, 6) is 0. The van der Waals surface area contributed by atoms with Gasteiger partial charge in [-0.1, -0.05) is 44.2 Å². The van der Waals surface area contributed by atoms with Gasteiger partial charge >= 0.3 is 0 Å². The fourth-order valence-corrected chi connectivity index (χ4v) is 2.62. The largest absolute Gasteiger partial charge is 0.330 e. The molecular formula is C16H27N3. The van der Waals surface area contributed by atoms with Crippen LogP contribution in [-0.4, -0.2) is 49.1 Å². The van der Waals surface area contributed by atoms with Crippen LogP contribution in [0.2, 0.25) is 0 Å². The molecule has 2 rings (SSSR count). The lowest BCUT2D eigenvalue weighted by molar-refractivity contribution is 0.0954. The number of hydrogen-bond acceptors (Lipinski definition) is 3. The molecule has 0 saturated carbocycles. The van der Waals surface area contributed by atoms with Gasteiger partial charge < -0.3 is 10.6 Å². The maximum atomic E-state index is 5.82. The third-order valence-corrected chi connectivity index (χ3v) is 3.92. The van der Waals surface area contributed by atoms with Gasteiger partial charge in [-0.2, -0.15) is 0 Å². The Morgan fingerprint density at radius 2 is 1.58 bits per heavy atom. The van der Waals surface area contributed by atoms with E-state index in [1.54, 1.807) is 0 Å². The summed E-state index contributed by atoms with van der Waals surface area (Å²) < 4.78 is 0. The number of hydrogen-bond donors (Lipinski definition) is 1. The van der Waals surface area contributed by atoms with Crippen molar-refractivity contribution in [1.82, 2.24) is 9.80 Å². The zero-order valence-electron chi connectivity index (χ0n) is 12.3. The van der Waals surface area contributed by atoms with Gasteiger partial charge in [-0.3, -0.25) is 4.90 Å². The predicted molar refractivity (Wildman–Crippen MR) is 81.0 cm³/mol. The minimum Gasteiger partial charge on any atom is -0.330 e. The van der Waals surface area contributed by atoms with Crippen LogP contribution in [0, 0.1) is 5.41 Å². The molecular weight excluding hydrogens is 234 g/mol. The Labute approximate surface area is 117 Å². The molecule has 0 amide bonds. The standard InChI is InChI=1S/C16H27N3/c1-16(2,13-17)14-19-10-8-18(9-11-19)12-15-6-4-3-5-7-15/h3-7H,8-14,17H2,1-2H3. The fraction of sp³-hybridized carbons (Fsp3) is 0.625. The van der Waals surface area contributed by atoms with Crippen molar-refractivity contribution in [1.29, 1.82) is 0 Å². The molecule has 3 heteroatoms. The van der Waals surface area contributed by atoms with Gasteiger partial charge in [0.15, 0.2) is 0 Å². The topological polar surface area (TPSA) is 32.5 Å². The first-order chi connectivity index (χ1) is 9.09. The Bertz CT molecular complexity index is 367. The fourth-order valence-electron chi connectivity index (χ4n) is 2.62. The van der Waals surface area contributed by atoms with E-state index in [-0.39, 0.29) is 5.41 Å². The summed E-state index contributed by atoms with van der Waals surface area (Å²) in [7, 11) is 0. The maximum absolute atomic E-state index is 5.82. The Hall–Kier alpha value is -0.900. The van der Waals surface area contributed by atoms with Gasteiger partial charge in [-0.15, -0.1) is 0 Å². The van der Waals surface area contributed by atoms with Crippen molar-refractivity contribution in [3.63, 3.8) is 0 Å². The van der Waals surface area contributed by atoms with Crippen LogP contribution < -0.4 is 5.73 Å². The summed E-state index contributed by atoms with van der Waals surface area (Å²) in [6, 6.07) is 10.7. The van der Waals surface area contributed by atoms with E-state index in [4.69, 9.17) is 5.73 Å². The van der Waals surface area contributed by atoms with Crippen molar-refractivity contribution >= 4 is 0 Å². The van der Waals surface area contributed by atoms with Crippen molar-refractivity contribution in [3.8, 4) is 0 Å². The molecule has 0 radical (unpaired) electrons. The van der Waals surface area contributed by atoms with Crippen molar-refractivity contribution in [2.24, 2.45) is 11.1 Å². The van der Waals surface area contributed by atoms with Crippen LogP contribution in [0.4, 0.5) is 0 Å². The van der Waals surface area contributed by atoms with E-state index in [1.807, 2.05) is 0 Å². The van der Waals surface area contributed by atoms with Crippen molar-refractivity contribution in [3.05, 3.63) is 35.9 Å². The van der Waals surface area contributed by atoms with Crippen LogP contribution in [0.25, 0.3) is 0 Å². The number of piperazine rings is 1. The van der Waals surface area contributed by atoms with Gasteiger partial charge in [-0.25, -0.2) is 0 Å². The lowest BCUT2D eigenvalue weighted by Crippen LogP contribution is -2.49. The third kappa shape index (κ3) is 4.60. The van der Waals surface area contributed by atoms with Crippen LogP contribution in [-0.2, 0) is 6.54 Å². The van der Waals surface area contributed by atoms with E-state index in [9.17, 15) is 0 Å². The molecule has 0 aromatic heterocycles. The van der Waals surface area contributed by atoms with Crippen molar-refractivity contribution < 1.29 is 0 Å². The third-order valence-electron chi connectivity index (χ3n) is 3.92. The highest BCUT2D eigenvalue weighted by atomic mass is 15.3. The number of benzene rings is 1. The molecule has 0 aliphatic carbocycles. The van der Waals surface area contributed by atoms with Crippen LogP contribution >= 0.6 is 0 Å². The Morgan fingerprint density at radius 1 is 1.00 bits per heavy atom. The second-order valence-corrected chi connectivity index (χ2v) is 6.41. The van der Waals surface area contributed by atoms with Gasteiger partial charge in [0, 0.05) is 39.3 Å². The van der Waals surface area contributed by atoms with Gasteiger partial charge in [0.05, 0.1) is 0 Å². The second kappa shape index (κ2) is 6.51. The molecule has 0 atom stereocenters. The molecule has 106 valence electrons. The highest BCUT2D eigenvalue weighted by molar-refractivity contribution is 5.14. The first kappa shape index (κ1) is 14.5. The molecule has 0 spiro atoms. The Kier molecular flexibility index (Phi) is 4.97. The molecule has 1 fully saturated rings. The van der Waals surface area contributed by atoms with Gasteiger partial charge in [0.25, 0.3) is 0 Å². The maximum Gasteiger partial charge on any atom is 0.0234 e. The van der Waals surface area contributed by atoms with Crippen LogP contribution in [0.3, 0.4) is 0 Å². The van der Waals surface area contributed by atoms with E-state index in [0.717, 1.165) is 45.8 Å². The zero-order chi connectivity index (χ0) is 13.7. The van der Waals surface area contributed by atoms with Crippen molar-refractivity contribution in [2.45, 2.75) is 20.4 Å². The van der Waals surface area contributed by atoms with E-state index >= 15 is 0 Å². The number of rotatable bonds is 5. The summed E-state index contributed by atoms with van der Waals surface area (Å²) in [5, 5.41) is 0. The molecule has 1 aromatic carbocycles. The molecule has 1 aromatic rings. The summed E-state index contributed by atoms with van der Waals surface area (Å²) in [6.07, 6.45) is 0. The van der Waals surface area contributed by atoms with Crippen LogP contribution in [0.5, 0.6) is 0 Å². The molecule has 0 unspecified atom stereocenters. The molecule has 1 heterocycles. The normalized spacial score (nSPS) is 18.7. The van der Waals surface area contributed by atoms with Gasteiger partial charge in [-0.05, 0) is 17.5 Å². The predicted octanol–water partition coefficient (Wildman–Crippen LogP) is 1.79. The molecule has 2 N–H and O–H groups in total. The summed E-state index contributed by atoms with van der Waals surface area (Å²) >= 11 is 0. The van der Waals surface area contributed by atoms with E-state index in [1.165, 1.54) is 5.56 Å². The van der Waals surface area contributed by atoms with E-state index < -0.39 is 0 Å². The smallest absolute Gasteiger partial charge is 0.0234 e. The lowest BCUT2D eigenvalue weighted by atomic mass is 9.93. The first-order valence-corrected chi connectivity index (χ1v) is 7.28. The first-order valence-electron chi connectivity index (χ1n) is 7.28. The van der Waals surface area contributed by atoms with Crippen molar-refractivity contribution in [2.75, 3.05) is 39.3 Å². The highest BCUT2D eigenvalue weighted by Gasteiger charge is 2.23. The van der Waals surface area contributed by atoms with E-state index in [2.05, 4.69) is 54.0 Å². The number of nitrogens with two attached hydrogens (primary N) is 1. The Balaban J connectivity index is 1.77. The lowest BCUT2D eigenvalue weighted by Gasteiger charge is -2.38. The molecule has 1 aliphatic rings. The highest BCUT2D eigenvalue weighted by Crippen LogP contribution is 2.16. The SMILES string of the molecule is CC(C)(CN)CN1CCN(Cc2ccccc2)CC1. The zero-order valence-corrected chi connectivity index (χ0v) is 12.3. The average Bonchev–Trinajstić information content (AvgIpc) is 2.42. The second-order valence-electron chi connectivity index (χ2n) is 6.41. The summed E-state index contributed by atoms with van der Waals surface area (Å²) in [6.45, 7) is 12.1. The minimum absolute atomic E-state index is 0.238.